The van der Waals surface area contributed by atoms with E-state index in [1.54, 1.807) is 0 Å². The summed E-state index contributed by atoms with van der Waals surface area (Å²) in [5.74, 6) is 0. The lowest BCUT2D eigenvalue weighted by Gasteiger charge is -2.27. The van der Waals surface area contributed by atoms with Crippen molar-refractivity contribution in [1.82, 2.24) is 0 Å². The molecule has 0 amide bonds. The highest BCUT2D eigenvalue weighted by Gasteiger charge is 2.35. The zero-order chi connectivity index (χ0) is 26.1. The van der Waals surface area contributed by atoms with Crippen LogP contribution in [-0.2, 0) is 5.41 Å². The maximum atomic E-state index is 6.42. The monoisotopic (exact) mass is 501 g/mol. The number of anilines is 3. The van der Waals surface area contributed by atoms with Crippen LogP contribution in [0.1, 0.15) is 25.0 Å². The first kappa shape index (κ1) is 22.2. The van der Waals surface area contributed by atoms with E-state index in [9.17, 15) is 0 Å². The summed E-state index contributed by atoms with van der Waals surface area (Å²) in [4.78, 5) is 2.35. The number of rotatable bonds is 3. The van der Waals surface area contributed by atoms with Gasteiger partial charge in [0.05, 0.1) is 0 Å². The van der Waals surface area contributed by atoms with Gasteiger partial charge in [0.2, 0.25) is 0 Å². The summed E-state index contributed by atoms with van der Waals surface area (Å²) in [5, 5.41) is 4.61. The van der Waals surface area contributed by atoms with Crippen LogP contribution in [0.2, 0.25) is 0 Å². The van der Waals surface area contributed by atoms with Crippen molar-refractivity contribution in [2.24, 2.45) is 0 Å². The highest BCUT2D eigenvalue weighted by atomic mass is 16.3. The third kappa shape index (κ3) is 3.21. The van der Waals surface area contributed by atoms with Crippen LogP contribution in [0.15, 0.2) is 132 Å². The molecule has 0 unspecified atom stereocenters. The lowest BCUT2D eigenvalue weighted by atomic mass is 9.82. The molecular formula is C37H27NO. The summed E-state index contributed by atoms with van der Waals surface area (Å²) in [6.07, 6.45) is 0. The normalized spacial score (nSPS) is 13.6. The molecule has 8 rings (SSSR count). The van der Waals surface area contributed by atoms with Crippen LogP contribution in [-0.4, -0.2) is 0 Å². The van der Waals surface area contributed by atoms with Gasteiger partial charge in [0, 0.05) is 38.6 Å². The molecule has 1 aromatic heterocycles. The maximum Gasteiger partial charge on any atom is 0.143 e. The Labute approximate surface area is 227 Å². The summed E-state index contributed by atoms with van der Waals surface area (Å²) in [6, 6.07) is 45.8. The molecule has 2 heteroatoms. The molecule has 1 aliphatic rings. The van der Waals surface area contributed by atoms with Gasteiger partial charge >= 0.3 is 0 Å². The van der Waals surface area contributed by atoms with Gasteiger partial charge in [0.1, 0.15) is 11.2 Å². The molecule has 0 spiro atoms. The van der Waals surface area contributed by atoms with E-state index < -0.39 is 0 Å². The second-order valence-electron chi connectivity index (χ2n) is 11.0. The Balaban J connectivity index is 1.35. The van der Waals surface area contributed by atoms with Crippen LogP contribution in [0.3, 0.4) is 0 Å². The van der Waals surface area contributed by atoms with E-state index in [-0.39, 0.29) is 5.41 Å². The van der Waals surface area contributed by atoms with Crippen LogP contribution >= 0.6 is 0 Å². The third-order valence-electron chi connectivity index (χ3n) is 8.44. The molecule has 7 aromatic rings. The van der Waals surface area contributed by atoms with Crippen LogP contribution < -0.4 is 4.90 Å². The molecule has 2 nitrogen and oxygen atoms in total. The third-order valence-corrected chi connectivity index (χ3v) is 8.44. The molecule has 186 valence electrons. The molecule has 0 aliphatic heterocycles. The first-order chi connectivity index (χ1) is 19.1. The maximum absolute atomic E-state index is 6.42. The number of furan rings is 1. The molecule has 39 heavy (non-hydrogen) atoms. The molecule has 0 radical (unpaired) electrons. The van der Waals surface area contributed by atoms with E-state index in [1.165, 1.54) is 27.6 Å². The fraction of sp³-hybridized carbons (Fsp3) is 0.0811. The fourth-order valence-electron chi connectivity index (χ4n) is 6.50. The first-order valence-electron chi connectivity index (χ1n) is 13.5. The molecule has 0 N–H and O–H groups in total. The summed E-state index contributed by atoms with van der Waals surface area (Å²) in [6.45, 7) is 4.65. The van der Waals surface area contributed by atoms with Crippen molar-refractivity contribution in [1.29, 1.82) is 0 Å². The molecule has 0 saturated heterocycles. The van der Waals surface area contributed by atoms with Crippen molar-refractivity contribution in [3.63, 3.8) is 0 Å². The second kappa shape index (κ2) is 8.09. The number of nitrogens with zero attached hydrogens (tertiary/aromatic N) is 1. The average Bonchev–Trinajstić information content (AvgIpc) is 3.46. The Bertz CT molecular complexity index is 2050. The molecule has 1 heterocycles. The summed E-state index contributed by atoms with van der Waals surface area (Å²) < 4.78 is 6.42. The van der Waals surface area contributed by atoms with Gasteiger partial charge < -0.3 is 9.32 Å². The van der Waals surface area contributed by atoms with Crippen molar-refractivity contribution in [3.8, 4) is 11.1 Å². The SMILES string of the molecule is CC1(C)c2ccccc2-c2cc(N(c3ccccc3)c3ccc4oc5c6ccccc6ccc5c4c3)ccc21. The zero-order valence-corrected chi connectivity index (χ0v) is 22.0. The standard InChI is InChI=1S/C37H27NO/c1-37(2)33-15-9-8-14-29(33)31-22-26(17-20-34(31)37)38(25-11-4-3-5-12-25)27-18-21-35-32(23-27)30-19-16-24-10-6-7-13-28(24)36(30)39-35/h3-23H,1-2H3. The van der Waals surface area contributed by atoms with E-state index >= 15 is 0 Å². The van der Waals surface area contributed by atoms with Gasteiger partial charge in [-0.1, -0.05) is 92.7 Å². The van der Waals surface area contributed by atoms with Crippen molar-refractivity contribution in [2.75, 3.05) is 4.90 Å². The van der Waals surface area contributed by atoms with Crippen LogP contribution in [0.5, 0.6) is 0 Å². The molecule has 0 saturated carbocycles. The van der Waals surface area contributed by atoms with Crippen molar-refractivity contribution in [3.05, 3.63) is 139 Å². The van der Waals surface area contributed by atoms with Crippen molar-refractivity contribution in [2.45, 2.75) is 19.3 Å². The Hall–Kier alpha value is -4.82. The lowest BCUT2D eigenvalue weighted by molar-refractivity contribution is 0.660. The highest BCUT2D eigenvalue weighted by molar-refractivity contribution is 6.15. The van der Waals surface area contributed by atoms with Crippen molar-refractivity contribution >= 4 is 49.8 Å². The molecule has 6 aromatic carbocycles. The van der Waals surface area contributed by atoms with Crippen molar-refractivity contribution < 1.29 is 4.42 Å². The van der Waals surface area contributed by atoms with Gasteiger partial charge in [-0.15, -0.1) is 0 Å². The topological polar surface area (TPSA) is 16.4 Å². The Morgan fingerprint density at radius 1 is 0.513 bits per heavy atom. The minimum Gasteiger partial charge on any atom is -0.455 e. The van der Waals surface area contributed by atoms with Gasteiger partial charge in [0.25, 0.3) is 0 Å². The van der Waals surface area contributed by atoms with Crippen LogP contribution in [0, 0.1) is 0 Å². The van der Waals surface area contributed by atoms with E-state index in [0.29, 0.717) is 0 Å². The summed E-state index contributed by atoms with van der Waals surface area (Å²) in [7, 11) is 0. The minimum atomic E-state index is -0.0145. The molecule has 0 bridgehead atoms. The number of fused-ring (bicyclic) bond motifs is 8. The largest absolute Gasteiger partial charge is 0.455 e. The van der Waals surface area contributed by atoms with Gasteiger partial charge in [0.15, 0.2) is 0 Å². The van der Waals surface area contributed by atoms with Gasteiger partial charge in [-0.2, -0.15) is 0 Å². The van der Waals surface area contributed by atoms with Crippen LogP contribution in [0.4, 0.5) is 17.1 Å². The van der Waals surface area contributed by atoms with E-state index in [1.807, 2.05) is 0 Å². The van der Waals surface area contributed by atoms with E-state index in [2.05, 4.69) is 146 Å². The second-order valence-corrected chi connectivity index (χ2v) is 11.0. The number of benzene rings is 6. The number of hydrogen-bond acceptors (Lipinski definition) is 2. The molecule has 0 atom stereocenters. The zero-order valence-electron chi connectivity index (χ0n) is 22.0. The lowest BCUT2D eigenvalue weighted by Crippen LogP contribution is -2.15. The van der Waals surface area contributed by atoms with Gasteiger partial charge in [-0.05, 0) is 76.2 Å². The minimum absolute atomic E-state index is 0.0145. The summed E-state index contributed by atoms with van der Waals surface area (Å²) >= 11 is 0. The Morgan fingerprint density at radius 2 is 1.23 bits per heavy atom. The predicted molar refractivity (Wildman–Crippen MR) is 163 cm³/mol. The average molecular weight is 502 g/mol. The molecular weight excluding hydrogens is 474 g/mol. The van der Waals surface area contributed by atoms with E-state index in [4.69, 9.17) is 4.42 Å². The highest BCUT2D eigenvalue weighted by Crippen LogP contribution is 2.50. The van der Waals surface area contributed by atoms with Gasteiger partial charge in [-0.3, -0.25) is 0 Å². The Morgan fingerprint density at radius 3 is 2.13 bits per heavy atom. The predicted octanol–water partition coefficient (Wildman–Crippen LogP) is 10.5. The quantitative estimate of drug-likeness (QED) is 0.239. The number of hydrogen-bond donors (Lipinski definition) is 0. The fourth-order valence-corrected chi connectivity index (χ4v) is 6.50. The molecule has 0 fully saturated rings. The smallest absolute Gasteiger partial charge is 0.143 e. The number of para-hydroxylation sites is 1. The summed E-state index contributed by atoms with van der Waals surface area (Å²) in [5.41, 5.74) is 10.6. The van der Waals surface area contributed by atoms with Gasteiger partial charge in [-0.25, -0.2) is 0 Å². The first-order valence-corrected chi connectivity index (χ1v) is 13.5. The van der Waals surface area contributed by atoms with E-state index in [0.717, 1.165) is 44.4 Å². The Kier molecular flexibility index (Phi) is 4.60. The molecule has 1 aliphatic carbocycles. The van der Waals surface area contributed by atoms with Crippen LogP contribution in [0.25, 0.3) is 43.8 Å².